The van der Waals surface area contributed by atoms with E-state index in [-0.39, 0.29) is 11.7 Å². The van der Waals surface area contributed by atoms with Gasteiger partial charge in [0, 0.05) is 16.6 Å². The minimum Gasteiger partial charge on any atom is -0.326 e. The fourth-order valence-electron chi connectivity index (χ4n) is 1.89. The fraction of sp³-hybridized carbons (Fsp3) is 0.188. The van der Waals surface area contributed by atoms with Gasteiger partial charge in [-0.15, -0.1) is 0 Å². The van der Waals surface area contributed by atoms with Crippen molar-refractivity contribution in [1.82, 2.24) is 0 Å². The first kappa shape index (κ1) is 14.7. The Bertz CT molecular complexity index is 610. The zero-order valence-corrected chi connectivity index (χ0v) is 12.7. The Morgan fingerprint density at radius 2 is 1.90 bits per heavy atom. The van der Waals surface area contributed by atoms with Crippen LogP contribution in [0.25, 0.3) is 0 Å². The summed E-state index contributed by atoms with van der Waals surface area (Å²) in [5, 5.41) is 2.89. The molecule has 0 unspecified atom stereocenters. The molecule has 0 aliphatic rings. The number of rotatable bonds is 4. The predicted octanol–water partition coefficient (Wildman–Crippen LogP) is 4.47. The average molecular weight is 336 g/mol. The van der Waals surface area contributed by atoms with Crippen molar-refractivity contribution >= 4 is 27.5 Å². The van der Waals surface area contributed by atoms with Crippen molar-refractivity contribution in [2.45, 2.75) is 19.8 Å². The van der Waals surface area contributed by atoms with Gasteiger partial charge >= 0.3 is 0 Å². The van der Waals surface area contributed by atoms with E-state index in [2.05, 4.69) is 21.2 Å². The molecule has 2 aromatic rings. The van der Waals surface area contributed by atoms with Crippen LogP contribution in [0.3, 0.4) is 0 Å². The molecule has 4 heteroatoms. The summed E-state index contributed by atoms with van der Waals surface area (Å²) >= 11 is 3.39. The molecule has 1 amide bonds. The zero-order valence-electron chi connectivity index (χ0n) is 11.1. The van der Waals surface area contributed by atoms with Crippen molar-refractivity contribution in [3.63, 3.8) is 0 Å². The van der Waals surface area contributed by atoms with Gasteiger partial charge in [0.15, 0.2) is 0 Å². The van der Waals surface area contributed by atoms with Crippen LogP contribution >= 0.6 is 15.9 Å². The van der Waals surface area contributed by atoms with Gasteiger partial charge < -0.3 is 5.32 Å². The van der Waals surface area contributed by atoms with E-state index in [0.717, 1.165) is 21.3 Å². The number of aryl methyl sites for hydroxylation is 2. The zero-order chi connectivity index (χ0) is 14.5. The summed E-state index contributed by atoms with van der Waals surface area (Å²) in [6.45, 7) is 1.94. The van der Waals surface area contributed by atoms with Crippen LogP contribution in [-0.2, 0) is 11.2 Å². The minimum atomic E-state index is -0.260. The van der Waals surface area contributed by atoms with E-state index in [0.29, 0.717) is 12.8 Å². The minimum absolute atomic E-state index is 0.0419. The summed E-state index contributed by atoms with van der Waals surface area (Å²) in [7, 11) is 0. The van der Waals surface area contributed by atoms with Gasteiger partial charge in [-0.1, -0.05) is 28.1 Å². The number of hydrogen-bond donors (Lipinski definition) is 1. The maximum Gasteiger partial charge on any atom is 0.224 e. The smallest absolute Gasteiger partial charge is 0.224 e. The lowest BCUT2D eigenvalue weighted by Gasteiger charge is -2.08. The quantitative estimate of drug-likeness (QED) is 0.877. The molecule has 0 aliphatic carbocycles. The molecular weight excluding hydrogens is 321 g/mol. The van der Waals surface area contributed by atoms with Gasteiger partial charge in [-0.25, -0.2) is 4.39 Å². The van der Waals surface area contributed by atoms with E-state index < -0.39 is 0 Å². The van der Waals surface area contributed by atoms with Gasteiger partial charge in [-0.05, 0) is 54.8 Å². The highest BCUT2D eigenvalue weighted by atomic mass is 79.9. The molecule has 2 nitrogen and oxygen atoms in total. The lowest BCUT2D eigenvalue weighted by Crippen LogP contribution is -2.13. The third kappa shape index (κ3) is 4.17. The first-order chi connectivity index (χ1) is 9.54. The van der Waals surface area contributed by atoms with Gasteiger partial charge in [0.25, 0.3) is 0 Å². The molecule has 104 valence electrons. The number of hydrogen-bond acceptors (Lipinski definition) is 1. The van der Waals surface area contributed by atoms with E-state index in [1.54, 1.807) is 12.1 Å². The van der Waals surface area contributed by atoms with Crippen LogP contribution in [0.15, 0.2) is 46.9 Å². The third-order valence-electron chi connectivity index (χ3n) is 3.02. The van der Waals surface area contributed by atoms with Gasteiger partial charge in [0.05, 0.1) is 0 Å². The number of carbonyl (C=O) groups is 1. The monoisotopic (exact) mass is 335 g/mol. The van der Waals surface area contributed by atoms with E-state index in [1.165, 1.54) is 12.1 Å². The Morgan fingerprint density at radius 1 is 1.20 bits per heavy atom. The van der Waals surface area contributed by atoms with Gasteiger partial charge in [0.2, 0.25) is 5.91 Å². The SMILES string of the molecule is Cc1cc(Br)ccc1NC(=O)CCc1ccc(F)cc1. The van der Waals surface area contributed by atoms with Crippen molar-refractivity contribution in [2.75, 3.05) is 5.32 Å². The average Bonchev–Trinajstić information content (AvgIpc) is 2.41. The molecule has 0 saturated heterocycles. The van der Waals surface area contributed by atoms with E-state index in [9.17, 15) is 9.18 Å². The molecule has 0 atom stereocenters. The standard InChI is InChI=1S/C16H15BrFNO/c1-11-10-13(17)5-8-15(11)19-16(20)9-4-12-2-6-14(18)7-3-12/h2-3,5-8,10H,4,9H2,1H3,(H,19,20). The van der Waals surface area contributed by atoms with Crippen molar-refractivity contribution in [3.8, 4) is 0 Å². The van der Waals surface area contributed by atoms with Crippen LogP contribution in [0.2, 0.25) is 0 Å². The largest absolute Gasteiger partial charge is 0.326 e. The summed E-state index contributed by atoms with van der Waals surface area (Å²) in [6, 6.07) is 11.9. The number of halogens is 2. The Labute approximate surface area is 126 Å². The second kappa shape index (κ2) is 6.66. The summed E-state index contributed by atoms with van der Waals surface area (Å²) in [6.07, 6.45) is 0.975. The first-order valence-corrected chi connectivity index (χ1v) is 7.14. The number of carbonyl (C=O) groups excluding carboxylic acids is 1. The number of benzene rings is 2. The lowest BCUT2D eigenvalue weighted by molar-refractivity contribution is -0.116. The maximum absolute atomic E-state index is 12.8. The van der Waals surface area contributed by atoms with Crippen molar-refractivity contribution < 1.29 is 9.18 Å². The van der Waals surface area contributed by atoms with Gasteiger partial charge in [-0.3, -0.25) is 4.79 Å². The maximum atomic E-state index is 12.8. The second-order valence-electron chi connectivity index (χ2n) is 4.63. The van der Waals surface area contributed by atoms with Gasteiger partial charge in [-0.2, -0.15) is 0 Å². The molecule has 0 radical (unpaired) electrons. The summed E-state index contributed by atoms with van der Waals surface area (Å²) in [4.78, 5) is 11.9. The van der Waals surface area contributed by atoms with E-state index in [4.69, 9.17) is 0 Å². The molecule has 2 aromatic carbocycles. The van der Waals surface area contributed by atoms with Crippen molar-refractivity contribution in [1.29, 1.82) is 0 Å². The van der Waals surface area contributed by atoms with Crippen molar-refractivity contribution in [3.05, 3.63) is 63.9 Å². The molecule has 0 bridgehead atoms. The van der Waals surface area contributed by atoms with E-state index >= 15 is 0 Å². The van der Waals surface area contributed by atoms with Crippen LogP contribution < -0.4 is 5.32 Å². The molecular formula is C16H15BrFNO. The van der Waals surface area contributed by atoms with Crippen LogP contribution in [0.4, 0.5) is 10.1 Å². The van der Waals surface area contributed by atoms with E-state index in [1.807, 2.05) is 25.1 Å². The van der Waals surface area contributed by atoms with Crippen LogP contribution in [-0.4, -0.2) is 5.91 Å². The molecule has 0 aliphatic heterocycles. The molecule has 0 saturated carbocycles. The highest BCUT2D eigenvalue weighted by molar-refractivity contribution is 9.10. The molecule has 20 heavy (non-hydrogen) atoms. The van der Waals surface area contributed by atoms with Crippen LogP contribution in [0.5, 0.6) is 0 Å². The predicted molar refractivity (Wildman–Crippen MR) is 82.2 cm³/mol. The molecule has 2 rings (SSSR count). The summed E-state index contributed by atoms with van der Waals surface area (Å²) in [5.41, 5.74) is 2.78. The Hall–Kier alpha value is -1.68. The molecule has 0 spiro atoms. The Kier molecular flexibility index (Phi) is 4.90. The highest BCUT2D eigenvalue weighted by Gasteiger charge is 2.05. The number of anilines is 1. The molecule has 0 aromatic heterocycles. The summed E-state index contributed by atoms with van der Waals surface area (Å²) in [5.74, 6) is -0.302. The number of nitrogens with one attached hydrogen (secondary N) is 1. The Morgan fingerprint density at radius 3 is 2.55 bits per heavy atom. The summed E-state index contributed by atoms with van der Waals surface area (Å²) < 4.78 is 13.8. The number of amides is 1. The molecule has 0 heterocycles. The Balaban J connectivity index is 1.90. The van der Waals surface area contributed by atoms with Crippen LogP contribution in [0, 0.1) is 12.7 Å². The topological polar surface area (TPSA) is 29.1 Å². The molecule has 0 fully saturated rings. The highest BCUT2D eigenvalue weighted by Crippen LogP contribution is 2.20. The normalized spacial score (nSPS) is 10.3. The second-order valence-corrected chi connectivity index (χ2v) is 5.55. The van der Waals surface area contributed by atoms with Crippen LogP contribution in [0.1, 0.15) is 17.5 Å². The third-order valence-corrected chi connectivity index (χ3v) is 3.51. The lowest BCUT2D eigenvalue weighted by atomic mass is 10.1. The fourth-order valence-corrected chi connectivity index (χ4v) is 2.36. The molecule has 1 N–H and O–H groups in total. The van der Waals surface area contributed by atoms with Gasteiger partial charge in [0.1, 0.15) is 5.82 Å². The first-order valence-electron chi connectivity index (χ1n) is 6.35. The van der Waals surface area contributed by atoms with Crippen molar-refractivity contribution in [2.24, 2.45) is 0 Å².